The highest BCUT2D eigenvalue weighted by atomic mass is 16.3. The first-order chi connectivity index (χ1) is 11.1. The lowest BCUT2D eigenvalue weighted by atomic mass is 9.43. The van der Waals surface area contributed by atoms with Crippen LogP contribution in [0.25, 0.3) is 0 Å². The van der Waals surface area contributed by atoms with Gasteiger partial charge in [-0.2, -0.15) is 0 Å². The summed E-state index contributed by atoms with van der Waals surface area (Å²) in [5.74, 6) is 1.66. The van der Waals surface area contributed by atoms with E-state index >= 15 is 0 Å². The van der Waals surface area contributed by atoms with Gasteiger partial charge in [-0.1, -0.05) is 39.8 Å². The Balaban J connectivity index is 1.83. The van der Waals surface area contributed by atoms with E-state index < -0.39 is 0 Å². The predicted molar refractivity (Wildman–Crippen MR) is 97.2 cm³/mol. The lowest BCUT2D eigenvalue weighted by Gasteiger charge is -2.62. The number of aliphatic hydroxyl groups excluding tert-OH is 1. The average Bonchev–Trinajstić information content (AvgIpc) is 2.82. The molecule has 0 radical (unpaired) electrons. The molecule has 0 unspecified atom stereocenters. The van der Waals surface area contributed by atoms with Crippen molar-refractivity contribution in [1.82, 2.24) is 0 Å². The van der Waals surface area contributed by atoms with Crippen LogP contribution in [0.4, 0.5) is 0 Å². The molecule has 2 saturated carbocycles. The van der Waals surface area contributed by atoms with Crippen molar-refractivity contribution in [2.24, 2.45) is 22.7 Å². The Kier molecular flexibility index (Phi) is 3.28. The van der Waals surface area contributed by atoms with Crippen molar-refractivity contribution in [3.8, 4) is 5.75 Å². The molecule has 2 N–H and O–H groups in total. The molecule has 0 aromatic heterocycles. The van der Waals surface area contributed by atoms with Crippen molar-refractivity contribution >= 4 is 0 Å². The summed E-state index contributed by atoms with van der Waals surface area (Å²) in [6, 6.07) is 4.32. The van der Waals surface area contributed by atoms with E-state index in [1.54, 1.807) is 0 Å². The van der Waals surface area contributed by atoms with Crippen molar-refractivity contribution < 1.29 is 10.2 Å². The van der Waals surface area contributed by atoms with Crippen LogP contribution in [0.2, 0.25) is 0 Å². The number of rotatable bonds is 0. The van der Waals surface area contributed by atoms with Gasteiger partial charge in [-0.3, -0.25) is 0 Å². The SMILES string of the molecule is Cc1ccc2c(c1O)[C@@]1(C)CC[C@H]3C(C)(C)[C@@H](O)CC[C@]3(C)[C@H]1C2. The van der Waals surface area contributed by atoms with E-state index in [1.165, 1.54) is 11.1 Å². The summed E-state index contributed by atoms with van der Waals surface area (Å²) in [6.07, 6.45) is 5.20. The monoisotopic (exact) mass is 328 g/mol. The average molecular weight is 328 g/mol. The van der Waals surface area contributed by atoms with Crippen LogP contribution in [0.15, 0.2) is 12.1 Å². The summed E-state index contributed by atoms with van der Waals surface area (Å²) >= 11 is 0. The minimum atomic E-state index is -0.181. The molecule has 0 bridgehead atoms. The number of aliphatic hydroxyl groups is 1. The fraction of sp³-hybridized carbons (Fsp3) is 0.727. The highest BCUT2D eigenvalue weighted by Gasteiger charge is 2.63. The molecule has 3 aliphatic carbocycles. The molecule has 0 saturated heterocycles. The van der Waals surface area contributed by atoms with Crippen LogP contribution in [0.3, 0.4) is 0 Å². The van der Waals surface area contributed by atoms with Gasteiger partial charge in [0.1, 0.15) is 5.75 Å². The van der Waals surface area contributed by atoms with Gasteiger partial charge in [-0.25, -0.2) is 0 Å². The number of fused-ring (bicyclic) bond motifs is 5. The number of hydrogen-bond acceptors (Lipinski definition) is 2. The molecule has 3 aliphatic rings. The fourth-order valence-electron chi connectivity index (χ4n) is 7.06. The molecular weight excluding hydrogens is 296 g/mol. The molecule has 2 nitrogen and oxygen atoms in total. The van der Waals surface area contributed by atoms with Crippen LogP contribution in [0.5, 0.6) is 5.75 Å². The summed E-state index contributed by atoms with van der Waals surface area (Å²) in [6.45, 7) is 11.4. The molecule has 5 atom stereocenters. The van der Waals surface area contributed by atoms with Crippen LogP contribution < -0.4 is 0 Å². The van der Waals surface area contributed by atoms with Crippen molar-refractivity contribution in [2.45, 2.75) is 78.2 Å². The lowest BCUT2D eigenvalue weighted by molar-refractivity contribution is -0.151. The van der Waals surface area contributed by atoms with Gasteiger partial charge in [0, 0.05) is 11.0 Å². The molecule has 4 rings (SSSR count). The number of hydrogen-bond donors (Lipinski definition) is 2. The van der Waals surface area contributed by atoms with E-state index in [2.05, 4.69) is 39.8 Å². The van der Waals surface area contributed by atoms with E-state index in [1.807, 2.05) is 6.92 Å². The van der Waals surface area contributed by atoms with Crippen LogP contribution in [-0.2, 0) is 11.8 Å². The van der Waals surface area contributed by atoms with Crippen LogP contribution >= 0.6 is 0 Å². The Labute approximate surface area is 146 Å². The van der Waals surface area contributed by atoms with Gasteiger partial charge < -0.3 is 10.2 Å². The first-order valence-electron chi connectivity index (χ1n) is 9.62. The highest BCUT2D eigenvalue weighted by molar-refractivity contribution is 5.54. The number of benzene rings is 1. The van der Waals surface area contributed by atoms with Crippen LogP contribution in [0.1, 0.15) is 70.1 Å². The summed E-state index contributed by atoms with van der Waals surface area (Å²) < 4.78 is 0. The van der Waals surface area contributed by atoms with Gasteiger partial charge >= 0.3 is 0 Å². The first-order valence-corrected chi connectivity index (χ1v) is 9.62. The third-order valence-corrected chi connectivity index (χ3v) is 8.49. The smallest absolute Gasteiger partial charge is 0.122 e. The second-order valence-corrected chi connectivity index (χ2v) is 9.91. The Hall–Kier alpha value is -1.02. The molecule has 0 aliphatic heterocycles. The Morgan fingerprint density at radius 2 is 1.71 bits per heavy atom. The number of aromatic hydroxyl groups is 1. The minimum Gasteiger partial charge on any atom is -0.507 e. The van der Waals surface area contributed by atoms with Crippen molar-refractivity contribution in [3.05, 3.63) is 28.8 Å². The molecule has 0 spiro atoms. The maximum Gasteiger partial charge on any atom is 0.122 e. The van der Waals surface area contributed by atoms with Gasteiger partial charge in [0.25, 0.3) is 0 Å². The molecule has 132 valence electrons. The number of phenolic OH excluding ortho intramolecular Hbond substituents is 1. The zero-order valence-corrected chi connectivity index (χ0v) is 15.8. The van der Waals surface area contributed by atoms with Gasteiger partial charge in [-0.05, 0) is 72.8 Å². The second-order valence-electron chi connectivity index (χ2n) is 9.91. The zero-order valence-electron chi connectivity index (χ0n) is 15.8. The van der Waals surface area contributed by atoms with Crippen molar-refractivity contribution in [1.29, 1.82) is 0 Å². The summed E-state index contributed by atoms with van der Waals surface area (Å²) in [5, 5.41) is 21.4. The van der Waals surface area contributed by atoms with Gasteiger partial charge in [0.15, 0.2) is 0 Å². The summed E-state index contributed by atoms with van der Waals surface area (Å²) in [7, 11) is 0. The van der Waals surface area contributed by atoms with Gasteiger partial charge in [-0.15, -0.1) is 0 Å². The van der Waals surface area contributed by atoms with E-state index in [0.29, 0.717) is 17.6 Å². The van der Waals surface area contributed by atoms with Gasteiger partial charge in [0.2, 0.25) is 0 Å². The molecule has 0 amide bonds. The molecule has 2 heteroatoms. The number of aryl methyl sites for hydroxylation is 1. The fourth-order valence-corrected chi connectivity index (χ4v) is 7.06. The van der Waals surface area contributed by atoms with Gasteiger partial charge in [0.05, 0.1) is 6.10 Å². The quantitative estimate of drug-likeness (QED) is 0.723. The minimum absolute atomic E-state index is 0.0128. The van der Waals surface area contributed by atoms with E-state index in [0.717, 1.165) is 37.7 Å². The second kappa shape index (κ2) is 4.78. The molecule has 2 fully saturated rings. The maximum absolute atomic E-state index is 10.8. The zero-order chi connectivity index (χ0) is 17.5. The normalized spacial score (nSPS) is 43.0. The Morgan fingerprint density at radius 3 is 2.42 bits per heavy atom. The van der Waals surface area contributed by atoms with Crippen molar-refractivity contribution in [2.75, 3.05) is 0 Å². The van der Waals surface area contributed by atoms with E-state index in [9.17, 15) is 10.2 Å². The number of phenols is 1. The maximum atomic E-state index is 10.8. The van der Waals surface area contributed by atoms with Crippen molar-refractivity contribution in [3.63, 3.8) is 0 Å². The van der Waals surface area contributed by atoms with Crippen LogP contribution in [0, 0.1) is 29.6 Å². The molecule has 1 aromatic rings. The lowest BCUT2D eigenvalue weighted by Crippen LogP contribution is -2.58. The molecule has 1 aromatic carbocycles. The van der Waals surface area contributed by atoms with E-state index in [4.69, 9.17) is 0 Å². The molecule has 24 heavy (non-hydrogen) atoms. The Morgan fingerprint density at radius 1 is 1.00 bits per heavy atom. The largest absolute Gasteiger partial charge is 0.507 e. The highest BCUT2D eigenvalue weighted by Crippen LogP contribution is 2.68. The third-order valence-electron chi connectivity index (χ3n) is 8.49. The Bertz CT molecular complexity index is 691. The first kappa shape index (κ1) is 16.4. The van der Waals surface area contributed by atoms with Crippen LogP contribution in [-0.4, -0.2) is 16.3 Å². The molecule has 0 heterocycles. The summed E-state index contributed by atoms with van der Waals surface area (Å²) in [4.78, 5) is 0. The predicted octanol–water partition coefficient (Wildman–Crippen LogP) is 4.73. The molecular formula is C22H32O2. The third kappa shape index (κ3) is 1.81. The standard InChI is InChI=1S/C22H32O2/c1-13-6-7-14-12-16-21(4)11-9-17(23)20(2,3)15(21)8-10-22(16,5)18(14)19(13)24/h6-7,15-17,23-24H,8-12H2,1-5H3/t15-,16+,17-,21-,22-/m0/s1. The topological polar surface area (TPSA) is 40.5 Å². The van der Waals surface area contributed by atoms with E-state index in [-0.39, 0.29) is 22.3 Å². The summed E-state index contributed by atoms with van der Waals surface area (Å²) in [5.41, 5.74) is 3.90.